The van der Waals surface area contributed by atoms with Crippen LogP contribution in [0.1, 0.15) is 20.3 Å². The van der Waals surface area contributed by atoms with E-state index in [0.717, 1.165) is 0 Å². The Kier molecular flexibility index (Phi) is 7.32. The Balaban J connectivity index is 1.39. The van der Waals surface area contributed by atoms with Gasteiger partial charge in [0, 0.05) is 52.3 Å². The molecule has 1 aromatic heterocycles. The number of carbonyl (C=O) groups is 2. The summed E-state index contributed by atoms with van der Waals surface area (Å²) in [6, 6.07) is 7.86. The second-order valence-corrected chi connectivity index (χ2v) is 8.91. The number of hydrogen-bond donors (Lipinski definition) is 1. The number of nitrogens with zero attached hydrogens (tertiary/aromatic N) is 3. The second-order valence-electron chi connectivity index (χ2n) is 8.50. The molecule has 10 nitrogen and oxygen atoms in total. The molecular weight excluding hydrogens is 476 g/mol. The lowest BCUT2D eigenvalue weighted by Gasteiger charge is -2.26. The normalized spacial score (nSPS) is 17.4. The average Bonchev–Trinajstić information content (AvgIpc) is 3.49. The number of halogens is 1. The lowest BCUT2D eigenvalue weighted by Crippen LogP contribution is -2.46. The van der Waals surface area contributed by atoms with E-state index in [0.29, 0.717) is 41.1 Å². The zero-order valence-electron chi connectivity index (χ0n) is 19.7. The number of rotatable bonds is 10. The van der Waals surface area contributed by atoms with Gasteiger partial charge in [-0.25, -0.2) is 0 Å². The lowest BCUT2D eigenvalue weighted by molar-refractivity contribution is -0.134. The van der Waals surface area contributed by atoms with E-state index in [4.69, 9.17) is 30.5 Å². The second kappa shape index (κ2) is 10.4. The highest BCUT2D eigenvalue weighted by Gasteiger charge is 2.34. The van der Waals surface area contributed by atoms with Gasteiger partial charge in [0.2, 0.25) is 11.7 Å². The minimum absolute atomic E-state index is 0.127. The molecule has 186 valence electrons. The van der Waals surface area contributed by atoms with Crippen LogP contribution in [0.3, 0.4) is 0 Å². The fourth-order valence-electron chi connectivity index (χ4n) is 3.69. The molecule has 0 radical (unpaired) electrons. The van der Waals surface area contributed by atoms with Gasteiger partial charge in [0.1, 0.15) is 30.4 Å². The van der Waals surface area contributed by atoms with Crippen LogP contribution in [-0.4, -0.2) is 58.6 Å². The van der Waals surface area contributed by atoms with Gasteiger partial charge >= 0.3 is 0 Å². The number of nitrogens with one attached hydrogen (secondary N) is 1. The highest BCUT2D eigenvalue weighted by Crippen LogP contribution is 2.28. The number of hydrogen-bond acceptors (Lipinski definition) is 7. The van der Waals surface area contributed by atoms with Gasteiger partial charge in [-0.3, -0.25) is 14.3 Å². The number of ether oxygens (including phenoxy) is 4. The van der Waals surface area contributed by atoms with Gasteiger partial charge in [-0.05, 0) is 12.1 Å². The highest BCUT2D eigenvalue weighted by molar-refractivity contribution is 6.32. The molecule has 0 bridgehead atoms. The lowest BCUT2D eigenvalue weighted by atomic mass is 10.1. The molecule has 2 aliphatic heterocycles. The van der Waals surface area contributed by atoms with Crippen molar-refractivity contribution in [2.75, 3.05) is 25.6 Å². The molecule has 11 heteroatoms. The van der Waals surface area contributed by atoms with Gasteiger partial charge in [-0.2, -0.15) is 5.10 Å². The van der Waals surface area contributed by atoms with Crippen molar-refractivity contribution in [3.63, 3.8) is 0 Å². The predicted molar refractivity (Wildman–Crippen MR) is 127 cm³/mol. The summed E-state index contributed by atoms with van der Waals surface area (Å²) in [5.74, 6) is 0.387. The molecule has 1 atom stereocenters. The minimum Gasteiger partial charge on any atom is -0.458 e. The third-order valence-electron chi connectivity index (χ3n) is 5.31. The van der Waals surface area contributed by atoms with Crippen LogP contribution >= 0.6 is 11.6 Å². The zero-order chi connectivity index (χ0) is 25.0. The van der Waals surface area contributed by atoms with E-state index in [1.165, 1.54) is 18.1 Å². The first kappa shape index (κ1) is 24.6. The summed E-state index contributed by atoms with van der Waals surface area (Å²) in [6.45, 7) is 4.39. The van der Waals surface area contributed by atoms with E-state index in [9.17, 15) is 9.59 Å². The summed E-state index contributed by atoms with van der Waals surface area (Å²) in [5, 5.41) is 7.59. The van der Waals surface area contributed by atoms with Crippen LogP contribution in [0.4, 0.5) is 5.82 Å². The van der Waals surface area contributed by atoms with Crippen LogP contribution in [0.2, 0.25) is 5.02 Å². The molecule has 2 aromatic rings. The Bertz CT molecular complexity index is 1160. The van der Waals surface area contributed by atoms with E-state index < -0.39 is 11.8 Å². The third-order valence-corrected chi connectivity index (χ3v) is 5.62. The molecule has 1 N–H and O–H groups in total. The van der Waals surface area contributed by atoms with E-state index in [2.05, 4.69) is 10.4 Å². The maximum Gasteiger partial charge on any atom is 0.251 e. The zero-order valence-corrected chi connectivity index (χ0v) is 20.4. The van der Waals surface area contributed by atoms with Gasteiger partial charge in [0.05, 0.1) is 11.6 Å². The molecule has 35 heavy (non-hydrogen) atoms. The van der Waals surface area contributed by atoms with E-state index in [1.807, 2.05) is 13.8 Å². The molecule has 0 spiro atoms. The number of amides is 2. The molecule has 1 aromatic carbocycles. The van der Waals surface area contributed by atoms with E-state index in [1.54, 1.807) is 47.5 Å². The van der Waals surface area contributed by atoms with Crippen molar-refractivity contribution in [3.05, 3.63) is 65.4 Å². The molecule has 0 saturated heterocycles. The summed E-state index contributed by atoms with van der Waals surface area (Å²) in [6.07, 6.45) is 4.93. The van der Waals surface area contributed by atoms with Crippen molar-refractivity contribution in [1.82, 2.24) is 14.7 Å². The Hall–Kier alpha value is -3.50. The summed E-state index contributed by atoms with van der Waals surface area (Å²) in [7, 11) is 1.54. The number of allylic oxidation sites excluding steroid dienone is 1. The monoisotopic (exact) mass is 502 g/mol. The van der Waals surface area contributed by atoms with Gasteiger partial charge in [-0.1, -0.05) is 23.7 Å². The van der Waals surface area contributed by atoms with E-state index in [-0.39, 0.29) is 25.0 Å². The fraction of sp³-hybridized carbons (Fsp3) is 0.375. The molecule has 2 amide bonds. The van der Waals surface area contributed by atoms with Crippen LogP contribution in [-0.2, 0) is 30.3 Å². The number of methoxy groups -OCH3 is 1. The number of aromatic nitrogens is 2. The summed E-state index contributed by atoms with van der Waals surface area (Å²) in [4.78, 5) is 27.3. The maximum atomic E-state index is 13.2. The van der Waals surface area contributed by atoms with Crippen LogP contribution in [0, 0.1) is 0 Å². The van der Waals surface area contributed by atoms with Crippen molar-refractivity contribution < 1.29 is 28.5 Å². The van der Waals surface area contributed by atoms with Gasteiger partial charge in [0.15, 0.2) is 11.6 Å². The van der Waals surface area contributed by atoms with Crippen molar-refractivity contribution in [1.29, 1.82) is 0 Å². The smallest absolute Gasteiger partial charge is 0.251 e. The first-order valence-corrected chi connectivity index (χ1v) is 11.4. The third kappa shape index (κ3) is 6.14. The first-order valence-electron chi connectivity index (χ1n) is 11.1. The fourth-order valence-corrected chi connectivity index (χ4v) is 3.87. The molecule has 0 aliphatic carbocycles. The number of para-hydroxylation sites is 1. The Morgan fingerprint density at radius 1 is 1.31 bits per heavy atom. The molecule has 0 saturated carbocycles. The van der Waals surface area contributed by atoms with Crippen molar-refractivity contribution in [2.24, 2.45) is 0 Å². The first-order chi connectivity index (χ1) is 16.7. The number of anilines is 1. The maximum absolute atomic E-state index is 13.2. The van der Waals surface area contributed by atoms with Crippen molar-refractivity contribution in [3.8, 4) is 5.75 Å². The molecule has 0 fully saturated rings. The topological polar surface area (TPSA) is 104 Å². The van der Waals surface area contributed by atoms with Gasteiger partial charge < -0.3 is 29.2 Å². The minimum atomic E-state index is -0.786. The molecule has 1 unspecified atom stereocenters. The SMILES string of the molecule is COCCC(C(=O)Nc1ccn(CC2=COC(C)(C)O2)n1)N1CC(Oc2ccccc2Cl)=CC1=O. The molecular formula is C24H27ClN4O6. The summed E-state index contributed by atoms with van der Waals surface area (Å²) < 4.78 is 23.7. The largest absolute Gasteiger partial charge is 0.458 e. The summed E-state index contributed by atoms with van der Waals surface area (Å²) in [5.41, 5.74) is 0. The van der Waals surface area contributed by atoms with Crippen LogP contribution < -0.4 is 10.1 Å². The Morgan fingerprint density at radius 2 is 2.11 bits per heavy atom. The Morgan fingerprint density at radius 3 is 2.83 bits per heavy atom. The number of benzene rings is 1. The van der Waals surface area contributed by atoms with Crippen molar-refractivity contribution in [2.45, 2.75) is 38.6 Å². The van der Waals surface area contributed by atoms with E-state index >= 15 is 0 Å². The number of carbonyl (C=O) groups excluding carboxylic acids is 2. The van der Waals surface area contributed by atoms with Crippen LogP contribution in [0.15, 0.2) is 60.4 Å². The average molecular weight is 503 g/mol. The molecule has 3 heterocycles. The van der Waals surface area contributed by atoms with Crippen LogP contribution in [0.25, 0.3) is 0 Å². The van der Waals surface area contributed by atoms with Gasteiger partial charge in [0.25, 0.3) is 5.91 Å². The molecule has 2 aliphatic rings. The predicted octanol–water partition coefficient (Wildman–Crippen LogP) is 3.31. The standard InChI is InChI=1S/C24H27ClN4O6/c1-24(2)33-15-17(35-24)13-28-10-8-21(27-28)26-23(31)19(9-11-32-3)29-14-16(12-22(29)30)34-20-7-5-4-6-18(20)25/h4-8,10,12,15,19H,9,11,13-14H2,1-3H3,(H,26,27,31). The van der Waals surface area contributed by atoms with Gasteiger partial charge in [-0.15, -0.1) is 0 Å². The van der Waals surface area contributed by atoms with Crippen LogP contribution in [0.5, 0.6) is 5.75 Å². The molecule has 4 rings (SSSR count). The highest BCUT2D eigenvalue weighted by atomic mass is 35.5. The Labute approximate surface area is 208 Å². The quantitative estimate of drug-likeness (QED) is 0.531. The van der Waals surface area contributed by atoms with Crippen molar-refractivity contribution >= 4 is 29.2 Å². The summed E-state index contributed by atoms with van der Waals surface area (Å²) >= 11 is 6.16.